The van der Waals surface area contributed by atoms with Gasteiger partial charge in [0.05, 0.1) is 11.5 Å². The number of aliphatic hydroxyl groups excluding tert-OH is 1. The summed E-state index contributed by atoms with van der Waals surface area (Å²) in [5, 5.41) is 8.38. The van der Waals surface area contributed by atoms with Gasteiger partial charge in [0.1, 0.15) is 0 Å². The van der Waals surface area contributed by atoms with Crippen LogP contribution in [0.4, 0.5) is 0 Å². The standard InChI is InChI=1S/C4H9ClO/c1-3(5)4(2)6/h3-4,6H,1-2H3/t3-,4?/m0/s1. The van der Waals surface area contributed by atoms with E-state index in [4.69, 9.17) is 16.7 Å². The second-order valence-corrected chi connectivity index (χ2v) is 2.11. The Hall–Kier alpha value is 0.250. The normalized spacial score (nSPS) is 20.0. The Kier molecular flexibility index (Phi) is 2.53. The third-order valence-corrected chi connectivity index (χ3v) is 1.03. The lowest BCUT2D eigenvalue weighted by atomic mass is 10.3. The molecule has 0 fully saturated rings. The molecule has 1 N–H and O–H groups in total. The average molecular weight is 109 g/mol. The van der Waals surface area contributed by atoms with Gasteiger partial charge in [-0.3, -0.25) is 0 Å². The lowest BCUT2D eigenvalue weighted by Crippen LogP contribution is -2.11. The molecule has 0 aromatic heterocycles. The van der Waals surface area contributed by atoms with Gasteiger partial charge < -0.3 is 5.11 Å². The van der Waals surface area contributed by atoms with Gasteiger partial charge in [-0.25, -0.2) is 0 Å². The summed E-state index contributed by atoms with van der Waals surface area (Å²) in [5.74, 6) is 0. The lowest BCUT2D eigenvalue weighted by molar-refractivity contribution is 0.194. The fourth-order valence-corrected chi connectivity index (χ4v) is 0. The minimum atomic E-state index is -0.383. The van der Waals surface area contributed by atoms with Crippen LogP contribution in [-0.4, -0.2) is 16.6 Å². The van der Waals surface area contributed by atoms with E-state index < -0.39 is 0 Å². The fraction of sp³-hybridized carbons (Fsp3) is 1.00. The minimum absolute atomic E-state index is 0.120. The molecule has 38 valence electrons. The summed E-state index contributed by atoms with van der Waals surface area (Å²) in [5.41, 5.74) is 0. The summed E-state index contributed by atoms with van der Waals surface area (Å²) in [6, 6.07) is 0. The maximum absolute atomic E-state index is 8.50. The quantitative estimate of drug-likeness (QED) is 0.497. The molecule has 6 heavy (non-hydrogen) atoms. The van der Waals surface area contributed by atoms with Crippen LogP contribution >= 0.6 is 11.6 Å². The summed E-state index contributed by atoms with van der Waals surface area (Å²) in [6.45, 7) is 3.42. The van der Waals surface area contributed by atoms with Gasteiger partial charge in [0.15, 0.2) is 0 Å². The van der Waals surface area contributed by atoms with Crippen LogP contribution in [0.5, 0.6) is 0 Å². The Morgan fingerprint density at radius 3 is 1.67 bits per heavy atom. The van der Waals surface area contributed by atoms with Crippen LogP contribution in [0.15, 0.2) is 0 Å². The average Bonchev–Trinajstić information content (AvgIpc) is 1.36. The van der Waals surface area contributed by atoms with E-state index in [1.807, 2.05) is 0 Å². The maximum Gasteiger partial charge on any atom is 0.0672 e. The molecule has 2 heteroatoms. The van der Waals surface area contributed by atoms with Gasteiger partial charge in [-0.1, -0.05) is 0 Å². The molecule has 0 aliphatic heterocycles. The van der Waals surface area contributed by atoms with E-state index in [2.05, 4.69) is 0 Å². The van der Waals surface area contributed by atoms with Crippen LogP contribution < -0.4 is 0 Å². The van der Waals surface area contributed by atoms with Gasteiger partial charge in [0.2, 0.25) is 0 Å². The van der Waals surface area contributed by atoms with Crippen molar-refractivity contribution in [3.05, 3.63) is 0 Å². The first-order valence-corrected chi connectivity index (χ1v) is 2.40. The van der Waals surface area contributed by atoms with Crippen LogP contribution in [0.1, 0.15) is 13.8 Å². The monoisotopic (exact) mass is 108 g/mol. The minimum Gasteiger partial charge on any atom is -0.392 e. The Morgan fingerprint density at radius 2 is 1.67 bits per heavy atom. The highest BCUT2D eigenvalue weighted by atomic mass is 35.5. The molecule has 0 aromatic carbocycles. The van der Waals surface area contributed by atoms with E-state index in [9.17, 15) is 0 Å². The smallest absolute Gasteiger partial charge is 0.0672 e. The second-order valence-electron chi connectivity index (χ2n) is 1.42. The summed E-state index contributed by atoms with van der Waals surface area (Å²) < 4.78 is 0. The summed E-state index contributed by atoms with van der Waals surface area (Å²) in [4.78, 5) is 0. The largest absolute Gasteiger partial charge is 0.392 e. The van der Waals surface area contributed by atoms with Crippen molar-refractivity contribution in [1.82, 2.24) is 0 Å². The van der Waals surface area contributed by atoms with Crippen molar-refractivity contribution in [2.45, 2.75) is 25.3 Å². The molecule has 0 saturated heterocycles. The molecule has 2 atom stereocenters. The fourth-order valence-electron chi connectivity index (χ4n) is 0. The molecule has 0 radical (unpaired) electrons. The molecule has 0 amide bonds. The third-order valence-electron chi connectivity index (χ3n) is 0.665. The van der Waals surface area contributed by atoms with E-state index in [1.165, 1.54) is 0 Å². The zero-order valence-electron chi connectivity index (χ0n) is 3.98. The van der Waals surface area contributed by atoms with Crippen LogP contribution in [0.3, 0.4) is 0 Å². The molecular weight excluding hydrogens is 99.5 g/mol. The van der Waals surface area contributed by atoms with Gasteiger partial charge >= 0.3 is 0 Å². The number of hydrogen-bond donors (Lipinski definition) is 1. The van der Waals surface area contributed by atoms with Crippen molar-refractivity contribution in [3.8, 4) is 0 Å². The van der Waals surface area contributed by atoms with E-state index in [0.717, 1.165) is 0 Å². The zero-order valence-corrected chi connectivity index (χ0v) is 4.74. The van der Waals surface area contributed by atoms with Crippen molar-refractivity contribution in [2.24, 2.45) is 0 Å². The van der Waals surface area contributed by atoms with Gasteiger partial charge in [-0.2, -0.15) is 0 Å². The van der Waals surface area contributed by atoms with Gasteiger partial charge in [-0.15, -0.1) is 11.6 Å². The van der Waals surface area contributed by atoms with Crippen LogP contribution in [0.2, 0.25) is 0 Å². The van der Waals surface area contributed by atoms with E-state index >= 15 is 0 Å². The molecule has 0 aliphatic rings. The van der Waals surface area contributed by atoms with Crippen molar-refractivity contribution < 1.29 is 5.11 Å². The highest BCUT2D eigenvalue weighted by Crippen LogP contribution is 1.97. The highest BCUT2D eigenvalue weighted by Gasteiger charge is 2.00. The predicted octanol–water partition coefficient (Wildman–Crippen LogP) is 0.994. The summed E-state index contributed by atoms with van der Waals surface area (Å²) in [6.07, 6.45) is -0.383. The van der Waals surface area contributed by atoms with Crippen LogP contribution in [0, 0.1) is 0 Å². The Morgan fingerprint density at radius 1 is 1.50 bits per heavy atom. The van der Waals surface area contributed by atoms with Crippen LogP contribution in [0.25, 0.3) is 0 Å². The zero-order chi connectivity index (χ0) is 5.15. The predicted molar refractivity (Wildman–Crippen MR) is 27.0 cm³/mol. The SMILES string of the molecule is CC(O)[C@H](C)Cl. The topological polar surface area (TPSA) is 20.2 Å². The summed E-state index contributed by atoms with van der Waals surface area (Å²) >= 11 is 5.36. The Balaban J connectivity index is 2.99. The maximum atomic E-state index is 8.50. The Labute approximate surface area is 42.9 Å². The number of aliphatic hydroxyl groups is 1. The number of rotatable bonds is 1. The first kappa shape index (κ1) is 6.25. The van der Waals surface area contributed by atoms with Gasteiger partial charge in [0.25, 0.3) is 0 Å². The molecule has 0 spiro atoms. The molecule has 0 aliphatic carbocycles. The van der Waals surface area contributed by atoms with Gasteiger partial charge in [-0.05, 0) is 13.8 Å². The number of halogens is 1. The van der Waals surface area contributed by atoms with Crippen molar-refractivity contribution in [1.29, 1.82) is 0 Å². The molecular formula is C4H9ClO. The molecule has 1 unspecified atom stereocenters. The van der Waals surface area contributed by atoms with E-state index in [1.54, 1.807) is 13.8 Å². The first-order valence-electron chi connectivity index (χ1n) is 1.96. The Bertz CT molecular complexity index is 28.5. The molecule has 1 nitrogen and oxygen atoms in total. The third kappa shape index (κ3) is 2.49. The van der Waals surface area contributed by atoms with Gasteiger partial charge in [0, 0.05) is 0 Å². The number of hydrogen-bond acceptors (Lipinski definition) is 1. The van der Waals surface area contributed by atoms with E-state index in [0.29, 0.717) is 0 Å². The molecule has 0 rings (SSSR count). The highest BCUT2D eigenvalue weighted by molar-refractivity contribution is 6.20. The summed E-state index contributed by atoms with van der Waals surface area (Å²) in [7, 11) is 0. The first-order chi connectivity index (χ1) is 2.64. The van der Waals surface area contributed by atoms with Crippen molar-refractivity contribution >= 4 is 11.6 Å². The molecule has 0 bridgehead atoms. The van der Waals surface area contributed by atoms with E-state index in [-0.39, 0.29) is 11.5 Å². The lowest BCUT2D eigenvalue weighted by Gasteiger charge is -2.02. The van der Waals surface area contributed by atoms with Crippen molar-refractivity contribution in [2.75, 3.05) is 0 Å². The molecule has 0 aromatic rings. The molecule has 0 heterocycles. The van der Waals surface area contributed by atoms with Crippen LogP contribution in [-0.2, 0) is 0 Å². The second kappa shape index (κ2) is 2.43. The molecule has 0 saturated carbocycles. The van der Waals surface area contributed by atoms with Crippen molar-refractivity contribution in [3.63, 3.8) is 0 Å². The number of alkyl halides is 1.